The summed E-state index contributed by atoms with van der Waals surface area (Å²) in [5, 5.41) is 10.5. The maximum absolute atomic E-state index is 13.0. The molecule has 0 atom stereocenters. The number of H-pyrrole nitrogens is 1. The normalized spacial score (nSPS) is 10.7. The number of halogens is 1. The first-order chi connectivity index (χ1) is 12.5. The first-order valence-corrected chi connectivity index (χ1v) is 8.06. The molecule has 0 unspecified atom stereocenters. The summed E-state index contributed by atoms with van der Waals surface area (Å²) in [6.45, 7) is 0. The fourth-order valence-corrected chi connectivity index (χ4v) is 2.79. The van der Waals surface area contributed by atoms with Gasteiger partial charge in [0.05, 0.1) is 12.8 Å². The molecule has 0 saturated carbocycles. The Morgan fingerprint density at radius 1 is 1.15 bits per heavy atom. The number of hydrogen-bond acceptors (Lipinski definition) is 3. The van der Waals surface area contributed by atoms with Gasteiger partial charge in [-0.25, -0.2) is 4.39 Å². The fourth-order valence-electron chi connectivity index (χ4n) is 2.79. The second-order valence-corrected chi connectivity index (χ2v) is 5.85. The van der Waals surface area contributed by atoms with Gasteiger partial charge < -0.3 is 10.5 Å². The number of hydrogen-bond donors (Lipinski definition) is 3. The van der Waals surface area contributed by atoms with Crippen molar-refractivity contribution >= 4 is 5.96 Å². The number of aromatic amines is 1. The lowest BCUT2D eigenvalue weighted by Crippen LogP contribution is -2.31. The summed E-state index contributed by atoms with van der Waals surface area (Å²) in [7, 11) is 1.58. The van der Waals surface area contributed by atoms with E-state index in [0.29, 0.717) is 29.8 Å². The highest BCUT2D eigenvalue weighted by Gasteiger charge is 2.17. The summed E-state index contributed by atoms with van der Waals surface area (Å²) in [5.74, 6) is 0.0287. The standard InChI is InChI=1S/C19H19FN4O2/c1-26-15-9-5-13(6-10-15)17-16(18(25)24(23-17)19(21)22)11-4-12-2-7-14(20)8-3-12/h2-3,5-10,23H,4,11H2,1H3,(H3,21,22). The molecule has 0 fully saturated rings. The van der Waals surface area contributed by atoms with Crippen molar-refractivity contribution < 1.29 is 9.13 Å². The summed E-state index contributed by atoms with van der Waals surface area (Å²) >= 11 is 0. The van der Waals surface area contributed by atoms with E-state index >= 15 is 0 Å². The predicted octanol–water partition coefficient (Wildman–Crippen LogP) is 2.52. The van der Waals surface area contributed by atoms with Crippen LogP contribution in [-0.4, -0.2) is 22.8 Å². The first kappa shape index (κ1) is 17.5. The van der Waals surface area contributed by atoms with Crippen LogP contribution in [0.25, 0.3) is 11.3 Å². The van der Waals surface area contributed by atoms with Crippen molar-refractivity contribution in [1.29, 1.82) is 5.41 Å². The number of aromatic nitrogens is 2. The number of methoxy groups -OCH3 is 1. The Kier molecular flexibility index (Phi) is 4.88. The Morgan fingerprint density at radius 2 is 1.81 bits per heavy atom. The molecule has 2 aromatic carbocycles. The number of aryl methyl sites for hydroxylation is 1. The SMILES string of the molecule is COc1ccc(-c2[nH]n(C(=N)N)c(=O)c2CCc2ccc(F)cc2)cc1. The molecule has 3 aromatic rings. The van der Waals surface area contributed by atoms with Gasteiger partial charge in [0, 0.05) is 11.1 Å². The molecule has 1 heterocycles. The van der Waals surface area contributed by atoms with Crippen LogP contribution in [0.5, 0.6) is 5.75 Å². The molecule has 0 saturated heterocycles. The minimum Gasteiger partial charge on any atom is -0.497 e. The maximum atomic E-state index is 13.0. The lowest BCUT2D eigenvalue weighted by Gasteiger charge is -2.05. The van der Waals surface area contributed by atoms with Crippen LogP contribution in [0.1, 0.15) is 11.1 Å². The fraction of sp³-hybridized carbons (Fsp3) is 0.158. The number of benzene rings is 2. The van der Waals surface area contributed by atoms with Gasteiger partial charge in [-0.15, -0.1) is 0 Å². The summed E-state index contributed by atoms with van der Waals surface area (Å²) < 4.78 is 19.2. The van der Waals surface area contributed by atoms with Crippen LogP contribution >= 0.6 is 0 Å². The van der Waals surface area contributed by atoms with Crippen molar-refractivity contribution in [3.63, 3.8) is 0 Å². The zero-order valence-electron chi connectivity index (χ0n) is 14.3. The van der Waals surface area contributed by atoms with Crippen molar-refractivity contribution in [3.8, 4) is 17.0 Å². The van der Waals surface area contributed by atoms with Crippen LogP contribution in [0.15, 0.2) is 53.3 Å². The van der Waals surface area contributed by atoms with Gasteiger partial charge in [-0.1, -0.05) is 12.1 Å². The highest BCUT2D eigenvalue weighted by atomic mass is 19.1. The Bertz CT molecular complexity index is 972. The van der Waals surface area contributed by atoms with E-state index < -0.39 is 0 Å². The number of ether oxygens (including phenoxy) is 1. The first-order valence-electron chi connectivity index (χ1n) is 8.06. The van der Waals surface area contributed by atoms with E-state index in [4.69, 9.17) is 15.9 Å². The van der Waals surface area contributed by atoms with Crippen LogP contribution in [0.4, 0.5) is 4.39 Å². The van der Waals surface area contributed by atoms with Crippen molar-refractivity contribution in [3.05, 3.63) is 75.8 Å². The molecule has 4 N–H and O–H groups in total. The van der Waals surface area contributed by atoms with Crippen LogP contribution in [0.2, 0.25) is 0 Å². The third-order valence-corrected chi connectivity index (χ3v) is 4.18. The Hall–Kier alpha value is -3.35. The molecule has 0 aliphatic heterocycles. The molecule has 1 aromatic heterocycles. The summed E-state index contributed by atoms with van der Waals surface area (Å²) in [4.78, 5) is 12.6. The van der Waals surface area contributed by atoms with E-state index in [1.807, 2.05) is 12.1 Å². The summed E-state index contributed by atoms with van der Waals surface area (Å²) in [6.07, 6.45) is 0.997. The average molecular weight is 354 g/mol. The second-order valence-electron chi connectivity index (χ2n) is 5.85. The Morgan fingerprint density at radius 3 is 2.38 bits per heavy atom. The van der Waals surface area contributed by atoms with Crippen LogP contribution in [-0.2, 0) is 12.8 Å². The molecule has 0 aliphatic rings. The summed E-state index contributed by atoms with van der Waals surface area (Å²) in [5.41, 5.74) is 7.98. The molecule has 7 heteroatoms. The van der Waals surface area contributed by atoms with Gasteiger partial charge in [0.15, 0.2) is 0 Å². The predicted molar refractivity (Wildman–Crippen MR) is 98.2 cm³/mol. The van der Waals surface area contributed by atoms with Crippen LogP contribution in [0.3, 0.4) is 0 Å². The molecule has 0 radical (unpaired) electrons. The van der Waals surface area contributed by atoms with E-state index in [1.165, 1.54) is 12.1 Å². The maximum Gasteiger partial charge on any atom is 0.277 e. The van der Waals surface area contributed by atoms with E-state index in [9.17, 15) is 9.18 Å². The van der Waals surface area contributed by atoms with Gasteiger partial charge in [-0.2, -0.15) is 4.68 Å². The molecular formula is C19H19FN4O2. The Labute approximate surface area is 149 Å². The molecule has 6 nitrogen and oxygen atoms in total. The largest absolute Gasteiger partial charge is 0.497 e. The Balaban J connectivity index is 1.97. The monoisotopic (exact) mass is 354 g/mol. The van der Waals surface area contributed by atoms with Gasteiger partial charge >= 0.3 is 0 Å². The quantitative estimate of drug-likeness (QED) is 0.485. The van der Waals surface area contributed by atoms with Gasteiger partial charge in [-0.05, 0) is 54.8 Å². The zero-order chi connectivity index (χ0) is 18.7. The van der Waals surface area contributed by atoms with Crippen LogP contribution < -0.4 is 16.0 Å². The molecule has 0 aliphatic carbocycles. The van der Waals surface area contributed by atoms with Crippen molar-refractivity contribution in [2.45, 2.75) is 12.8 Å². The molecule has 0 amide bonds. The number of nitrogens with two attached hydrogens (primary N) is 1. The molecule has 0 bridgehead atoms. The minimum atomic E-state index is -0.377. The van der Waals surface area contributed by atoms with E-state index in [2.05, 4.69) is 5.10 Å². The van der Waals surface area contributed by atoms with Gasteiger partial charge in [0.2, 0.25) is 5.96 Å². The minimum absolute atomic E-state index is 0.298. The number of rotatable bonds is 5. The number of nitrogens with one attached hydrogen (secondary N) is 2. The molecule has 3 rings (SSSR count). The van der Waals surface area contributed by atoms with Gasteiger partial charge in [0.25, 0.3) is 5.56 Å². The molecular weight excluding hydrogens is 335 g/mol. The van der Waals surface area contributed by atoms with E-state index in [-0.39, 0.29) is 17.3 Å². The van der Waals surface area contributed by atoms with Crippen molar-refractivity contribution in [2.24, 2.45) is 5.73 Å². The lowest BCUT2D eigenvalue weighted by molar-refractivity contribution is 0.415. The number of nitrogens with zero attached hydrogens (tertiary/aromatic N) is 1. The summed E-state index contributed by atoms with van der Waals surface area (Å²) in [6, 6.07) is 13.4. The van der Waals surface area contributed by atoms with Crippen LogP contribution in [0, 0.1) is 11.2 Å². The second kappa shape index (κ2) is 7.26. The van der Waals surface area contributed by atoms with E-state index in [1.54, 1.807) is 31.4 Å². The molecule has 134 valence electrons. The van der Waals surface area contributed by atoms with Crippen molar-refractivity contribution in [2.75, 3.05) is 7.11 Å². The topological polar surface area (TPSA) is 96.9 Å². The zero-order valence-corrected chi connectivity index (χ0v) is 14.3. The smallest absolute Gasteiger partial charge is 0.277 e. The third-order valence-electron chi connectivity index (χ3n) is 4.18. The van der Waals surface area contributed by atoms with Gasteiger partial charge in [0.1, 0.15) is 11.6 Å². The van der Waals surface area contributed by atoms with Gasteiger partial charge in [-0.3, -0.25) is 15.3 Å². The average Bonchev–Trinajstić information content (AvgIpc) is 2.98. The van der Waals surface area contributed by atoms with E-state index in [0.717, 1.165) is 15.8 Å². The number of nitrogen functional groups attached to an aromatic ring is 1. The lowest BCUT2D eigenvalue weighted by atomic mass is 10.0. The van der Waals surface area contributed by atoms with Crippen molar-refractivity contribution in [1.82, 2.24) is 9.78 Å². The highest BCUT2D eigenvalue weighted by Crippen LogP contribution is 2.23. The third kappa shape index (κ3) is 3.51. The highest BCUT2D eigenvalue weighted by molar-refractivity contribution is 5.78. The molecule has 26 heavy (non-hydrogen) atoms. The molecule has 0 spiro atoms.